The first kappa shape index (κ1) is 20.1. The Morgan fingerprint density at radius 3 is 2.87 bits per heavy atom. The maximum atomic E-state index is 10.5. The monoisotopic (exact) mass is 439 g/mol. The van der Waals surface area contributed by atoms with Gasteiger partial charge in [0.25, 0.3) is 0 Å². The van der Waals surface area contributed by atoms with Crippen molar-refractivity contribution in [3.63, 3.8) is 0 Å². The predicted octanol–water partition coefficient (Wildman–Crippen LogP) is -0.174. The molecule has 2 heterocycles. The predicted molar refractivity (Wildman–Crippen MR) is 98.1 cm³/mol. The lowest BCUT2D eigenvalue weighted by molar-refractivity contribution is -0.0850. The van der Waals surface area contributed by atoms with E-state index in [0.29, 0.717) is 38.9 Å². The average molecular weight is 439 g/mol. The molecule has 0 spiro atoms. The lowest BCUT2D eigenvalue weighted by Gasteiger charge is -2.26. The van der Waals surface area contributed by atoms with Gasteiger partial charge in [-0.1, -0.05) is 0 Å². The number of halogens is 1. The number of aromatic nitrogens is 2. The first-order chi connectivity index (χ1) is 10.5. The molecular formula is C14H26IN5O3. The molecule has 1 aromatic heterocycles. The van der Waals surface area contributed by atoms with E-state index >= 15 is 0 Å². The summed E-state index contributed by atoms with van der Waals surface area (Å²) < 4.78 is 12.6. The first-order valence-electron chi connectivity index (χ1n) is 7.36. The van der Waals surface area contributed by atoms with Crippen LogP contribution in [0, 0.1) is 0 Å². The summed E-state index contributed by atoms with van der Waals surface area (Å²) in [5.41, 5.74) is -0.280. The van der Waals surface area contributed by atoms with E-state index in [1.54, 1.807) is 31.0 Å². The van der Waals surface area contributed by atoms with Gasteiger partial charge in [-0.05, 0) is 6.92 Å². The molecule has 0 radical (unpaired) electrons. The molecule has 8 nitrogen and oxygen atoms in total. The highest BCUT2D eigenvalue weighted by atomic mass is 127. The summed E-state index contributed by atoms with van der Waals surface area (Å²) in [4.78, 5) is 4.14. The van der Waals surface area contributed by atoms with E-state index in [2.05, 4.69) is 20.7 Å². The van der Waals surface area contributed by atoms with Crippen molar-refractivity contribution in [1.29, 1.82) is 0 Å². The summed E-state index contributed by atoms with van der Waals surface area (Å²) in [6, 6.07) is 0. The molecular weight excluding hydrogens is 413 g/mol. The van der Waals surface area contributed by atoms with Gasteiger partial charge in [0, 0.05) is 32.4 Å². The number of ether oxygens (including phenoxy) is 2. The maximum Gasteiger partial charge on any atom is 0.191 e. The quantitative estimate of drug-likeness (QED) is 0.335. The van der Waals surface area contributed by atoms with Gasteiger partial charge >= 0.3 is 0 Å². The number of aryl methyl sites for hydroxylation is 1. The van der Waals surface area contributed by atoms with Gasteiger partial charge in [-0.3, -0.25) is 9.67 Å². The molecule has 0 amide bonds. The summed E-state index contributed by atoms with van der Waals surface area (Å²) in [5.74, 6) is 0.610. The SMILES string of the molecule is CN=C(NCC1COCCO1)NCC(C)(O)c1cnn(C)c1.I. The van der Waals surface area contributed by atoms with Crippen LogP contribution in [0.25, 0.3) is 0 Å². The molecule has 1 aliphatic rings. The number of hydrogen-bond acceptors (Lipinski definition) is 5. The third kappa shape index (κ3) is 6.24. The standard InChI is InChI=1S/C14H25N5O3.HI/c1-14(20,11-6-18-19(3)8-11)10-17-13(15-2)16-7-12-9-21-4-5-22-12;/h6,8,12,20H,4-5,7,9-10H2,1-3H3,(H2,15,16,17);1H. The van der Waals surface area contributed by atoms with Gasteiger partial charge in [-0.15, -0.1) is 24.0 Å². The molecule has 23 heavy (non-hydrogen) atoms. The van der Waals surface area contributed by atoms with Gasteiger partial charge in [0.05, 0.1) is 38.7 Å². The van der Waals surface area contributed by atoms with E-state index in [0.717, 1.165) is 5.56 Å². The second-order valence-electron chi connectivity index (χ2n) is 5.55. The van der Waals surface area contributed by atoms with Crippen LogP contribution in [0.5, 0.6) is 0 Å². The van der Waals surface area contributed by atoms with Gasteiger partial charge < -0.3 is 25.2 Å². The Morgan fingerprint density at radius 2 is 2.30 bits per heavy atom. The average Bonchev–Trinajstić information content (AvgIpc) is 2.96. The minimum atomic E-state index is -1.03. The van der Waals surface area contributed by atoms with Crippen LogP contribution in [0.15, 0.2) is 17.4 Å². The number of rotatable bonds is 5. The molecule has 0 aromatic carbocycles. The molecule has 1 aliphatic heterocycles. The number of hydrogen-bond donors (Lipinski definition) is 3. The second kappa shape index (κ2) is 9.40. The number of nitrogens with zero attached hydrogens (tertiary/aromatic N) is 3. The minimum absolute atomic E-state index is 0. The summed E-state index contributed by atoms with van der Waals surface area (Å²) >= 11 is 0. The van der Waals surface area contributed by atoms with Crippen LogP contribution in [-0.2, 0) is 22.1 Å². The molecule has 1 saturated heterocycles. The Balaban J connectivity index is 0.00000264. The van der Waals surface area contributed by atoms with Crippen LogP contribution in [-0.4, -0.2) is 66.9 Å². The van der Waals surface area contributed by atoms with E-state index in [9.17, 15) is 5.11 Å². The maximum absolute atomic E-state index is 10.5. The molecule has 0 saturated carbocycles. The third-order valence-electron chi connectivity index (χ3n) is 3.53. The Bertz CT molecular complexity index is 500. The Kier molecular flexibility index (Phi) is 8.23. The topological polar surface area (TPSA) is 92.9 Å². The summed E-state index contributed by atoms with van der Waals surface area (Å²) in [6.07, 6.45) is 3.47. The molecule has 2 unspecified atom stereocenters. The molecule has 0 bridgehead atoms. The van der Waals surface area contributed by atoms with Gasteiger partial charge in [0.15, 0.2) is 5.96 Å². The molecule has 3 N–H and O–H groups in total. The smallest absolute Gasteiger partial charge is 0.191 e. The van der Waals surface area contributed by atoms with E-state index < -0.39 is 5.60 Å². The molecule has 2 atom stereocenters. The Hall–Kier alpha value is -0.910. The second-order valence-corrected chi connectivity index (χ2v) is 5.55. The molecule has 9 heteroatoms. The number of guanidine groups is 1. The van der Waals surface area contributed by atoms with Crippen molar-refractivity contribution in [2.24, 2.45) is 12.0 Å². The number of aliphatic hydroxyl groups is 1. The van der Waals surface area contributed by atoms with E-state index in [4.69, 9.17) is 9.47 Å². The molecule has 1 aromatic rings. The van der Waals surface area contributed by atoms with Crippen LogP contribution in [0.1, 0.15) is 12.5 Å². The van der Waals surface area contributed by atoms with Crippen molar-refractivity contribution < 1.29 is 14.6 Å². The van der Waals surface area contributed by atoms with Crippen LogP contribution >= 0.6 is 24.0 Å². The fourth-order valence-electron chi connectivity index (χ4n) is 2.14. The van der Waals surface area contributed by atoms with Crippen LogP contribution < -0.4 is 10.6 Å². The van der Waals surface area contributed by atoms with Crippen LogP contribution in [0.2, 0.25) is 0 Å². The van der Waals surface area contributed by atoms with Crippen LogP contribution in [0.4, 0.5) is 0 Å². The lowest BCUT2D eigenvalue weighted by atomic mass is 10.00. The fraction of sp³-hybridized carbons (Fsp3) is 0.714. The van der Waals surface area contributed by atoms with Gasteiger partial charge in [0.2, 0.25) is 0 Å². The normalized spacial score (nSPS) is 21.2. The van der Waals surface area contributed by atoms with Crippen molar-refractivity contribution in [2.75, 3.05) is 40.0 Å². The largest absolute Gasteiger partial charge is 0.383 e. The third-order valence-corrected chi connectivity index (χ3v) is 3.53. The zero-order valence-corrected chi connectivity index (χ0v) is 16.1. The van der Waals surface area contributed by atoms with Crippen molar-refractivity contribution in [1.82, 2.24) is 20.4 Å². The molecule has 2 rings (SSSR count). The van der Waals surface area contributed by atoms with Crippen molar-refractivity contribution in [2.45, 2.75) is 18.6 Å². The van der Waals surface area contributed by atoms with Gasteiger partial charge in [0.1, 0.15) is 5.60 Å². The highest BCUT2D eigenvalue weighted by Gasteiger charge is 2.25. The highest BCUT2D eigenvalue weighted by molar-refractivity contribution is 14.0. The number of aliphatic imine (C=N–C) groups is 1. The molecule has 132 valence electrons. The van der Waals surface area contributed by atoms with Crippen LogP contribution in [0.3, 0.4) is 0 Å². The van der Waals surface area contributed by atoms with Crippen molar-refractivity contribution in [3.05, 3.63) is 18.0 Å². The summed E-state index contributed by atoms with van der Waals surface area (Å²) in [7, 11) is 3.51. The minimum Gasteiger partial charge on any atom is -0.383 e. The van der Waals surface area contributed by atoms with Gasteiger partial charge in [-0.25, -0.2) is 0 Å². The van der Waals surface area contributed by atoms with E-state index in [-0.39, 0.29) is 30.1 Å². The first-order valence-corrected chi connectivity index (χ1v) is 7.36. The Labute approximate surface area is 153 Å². The van der Waals surface area contributed by atoms with Crippen molar-refractivity contribution in [3.8, 4) is 0 Å². The van der Waals surface area contributed by atoms with Crippen molar-refractivity contribution >= 4 is 29.9 Å². The zero-order chi connectivity index (χ0) is 16.0. The van der Waals surface area contributed by atoms with Gasteiger partial charge in [-0.2, -0.15) is 5.10 Å². The number of nitrogens with one attached hydrogen (secondary N) is 2. The van der Waals surface area contributed by atoms with E-state index in [1.807, 2.05) is 7.05 Å². The van der Waals surface area contributed by atoms with E-state index in [1.165, 1.54) is 0 Å². The highest BCUT2D eigenvalue weighted by Crippen LogP contribution is 2.18. The zero-order valence-electron chi connectivity index (χ0n) is 13.8. The molecule has 0 aliphatic carbocycles. The lowest BCUT2D eigenvalue weighted by Crippen LogP contribution is -2.48. The molecule has 1 fully saturated rings. The fourth-order valence-corrected chi connectivity index (χ4v) is 2.14. The summed E-state index contributed by atoms with van der Waals surface area (Å²) in [5, 5.41) is 20.9. The Morgan fingerprint density at radius 1 is 1.52 bits per heavy atom. The summed E-state index contributed by atoms with van der Waals surface area (Å²) in [6.45, 7) is 4.51.